The maximum atomic E-state index is 11.1. The van der Waals surface area contributed by atoms with Crippen molar-refractivity contribution >= 4 is 5.97 Å². The molecule has 7 heteroatoms. The van der Waals surface area contributed by atoms with Crippen LogP contribution in [0.1, 0.15) is 42.0 Å². The summed E-state index contributed by atoms with van der Waals surface area (Å²) < 4.78 is 10.8. The van der Waals surface area contributed by atoms with Gasteiger partial charge in [-0.05, 0) is 79.1 Å². The van der Waals surface area contributed by atoms with Gasteiger partial charge in [0.25, 0.3) is 5.89 Å². The molecule has 2 heterocycles. The smallest absolute Gasteiger partial charge is 0.306 e. The second-order valence-corrected chi connectivity index (χ2v) is 9.34. The van der Waals surface area contributed by atoms with Crippen LogP contribution in [-0.2, 0) is 11.2 Å². The maximum Gasteiger partial charge on any atom is 0.306 e. The van der Waals surface area contributed by atoms with Crippen molar-refractivity contribution in [1.82, 2.24) is 15.5 Å². The van der Waals surface area contributed by atoms with Gasteiger partial charge in [-0.3, -0.25) is 4.79 Å². The molecule has 1 atom stereocenters. The summed E-state index contributed by atoms with van der Waals surface area (Å²) in [5.41, 5.74) is 7.66. The zero-order chi connectivity index (χ0) is 23.2. The Bertz CT molecular complexity index is 1350. The van der Waals surface area contributed by atoms with Gasteiger partial charge in [-0.15, -0.1) is 0 Å². The summed E-state index contributed by atoms with van der Waals surface area (Å²) in [6.45, 7) is 2.06. The molecule has 2 N–H and O–H groups in total. The molecule has 2 aliphatic carbocycles. The van der Waals surface area contributed by atoms with E-state index in [4.69, 9.17) is 14.0 Å². The van der Waals surface area contributed by atoms with E-state index in [-0.39, 0.29) is 12.0 Å². The average molecular weight is 456 g/mol. The highest BCUT2D eigenvalue weighted by Gasteiger charge is 2.36. The molecule has 0 spiro atoms. The lowest BCUT2D eigenvalue weighted by Crippen LogP contribution is -2.45. The van der Waals surface area contributed by atoms with E-state index in [1.54, 1.807) is 12.5 Å². The van der Waals surface area contributed by atoms with Gasteiger partial charge in [0.15, 0.2) is 0 Å². The summed E-state index contributed by atoms with van der Waals surface area (Å²) in [6, 6.07) is 14.9. The number of fused-ring (bicyclic) bond motifs is 1. The largest absolute Gasteiger partial charge is 0.481 e. The van der Waals surface area contributed by atoms with E-state index in [0.29, 0.717) is 30.6 Å². The standard InChI is InChI=1S/C27H25N3O4/c1-15-10-18(3-5-22(15)19-8-9-33-14-19)26-29-25(30-34-26)17-2-6-23-16(11-17)4-7-24(23)28-21-12-20(13-21)27(31)32/h2-3,5-6,8-11,14,20-21,24,28H,4,7,12-13H2,1H3,(H,31,32)/t20-,21-,24?. The molecular weight excluding hydrogens is 430 g/mol. The number of furan rings is 1. The van der Waals surface area contributed by atoms with Crippen LogP contribution in [0.3, 0.4) is 0 Å². The molecule has 172 valence electrons. The lowest BCUT2D eigenvalue weighted by atomic mass is 9.80. The second kappa shape index (κ2) is 8.25. The zero-order valence-corrected chi connectivity index (χ0v) is 18.8. The van der Waals surface area contributed by atoms with Crippen molar-refractivity contribution in [1.29, 1.82) is 0 Å². The van der Waals surface area contributed by atoms with Gasteiger partial charge in [-0.25, -0.2) is 0 Å². The van der Waals surface area contributed by atoms with E-state index >= 15 is 0 Å². The number of rotatable bonds is 6. The fourth-order valence-corrected chi connectivity index (χ4v) is 5.17. The molecule has 7 nitrogen and oxygen atoms in total. The summed E-state index contributed by atoms with van der Waals surface area (Å²) >= 11 is 0. The highest BCUT2D eigenvalue weighted by molar-refractivity contribution is 5.72. The van der Waals surface area contributed by atoms with Crippen LogP contribution in [0, 0.1) is 12.8 Å². The predicted octanol–water partition coefficient (Wildman–Crippen LogP) is 5.41. The fraction of sp³-hybridized carbons (Fsp3) is 0.296. The van der Waals surface area contributed by atoms with Crippen molar-refractivity contribution in [2.45, 2.75) is 44.7 Å². The molecule has 1 saturated carbocycles. The summed E-state index contributed by atoms with van der Waals surface area (Å²) in [5, 5.41) is 17.0. The van der Waals surface area contributed by atoms with Crippen LogP contribution >= 0.6 is 0 Å². The van der Waals surface area contributed by atoms with Crippen molar-refractivity contribution in [3.63, 3.8) is 0 Å². The van der Waals surface area contributed by atoms with E-state index in [2.05, 4.69) is 34.5 Å². The lowest BCUT2D eigenvalue weighted by Gasteiger charge is -2.35. The summed E-state index contributed by atoms with van der Waals surface area (Å²) in [6.07, 6.45) is 6.84. The molecule has 6 rings (SSSR count). The molecule has 0 bridgehead atoms. The lowest BCUT2D eigenvalue weighted by molar-refractivity contribution is -0.145. The molecule has 0 amide bonds. The minimum Gasteiger partial charge on any atom is -0.481 e. The van der Waals surface area contributed by atoms with Gasteiger partial charge in [0.2, 0.25) is 5.82 Å². The highest BCUT2D eigenvalue weighted by Crippen LogP contribution is 2.37. The molecule has 1 unspecified atom stereocenters. The number of nitrogens with one attached hydrogen (secondary N) is 1. The third-order valence-electron chi connectivity index (χ3n) is 7.13. The molecule has 34 heavy (non-hydrogen) atoms. The second-order valence-electron chi connectivity index (χ2n) is 9.34. The first-order valence-corrected chi connectivity index (χ1v) is 11.6. The summed E-state index contributed by atoms with van der Waals surface area (Å²) in [5.74, 6) is 0.195. The third kappa shape index (κ3) is 3.72. The Morgan fingerprint density at radius 1 is 1.09 bits per heavy atom. The molecule has 0 aliphatic heterocycles. The number of nitrogens with zero attached hydrogens (tertiary/aromatic N) is 2. The first-order chi connectivity index (χ1) is 16.5. The van der Waals surface area contributed by atoms with Crippen LogP contribution in [0.5, 0.6) is 0 Å². The van der Waals surface area contributed by atoms with Gasteiger partial charge in [-0.1, -0.05) is 23.4 Å². The average Bonchev–Trinajstić information content (AvgIpc) is 3.56. The van der Waals surface area contributed by atoms with Gasteiger partial charge >= 0.3 is 5.97 Å². The van der Waals surface area contributed by atoms with E-state index in [1.165, 1.54) is 11.1 Å². The van der Waals surface area contributed by atoms with Gasteiger partial charge in [0.1, 0.15) is 0 Å². The van der Waals surface area contributed by atoms with Crippen LogP contribution in [0.15, 0.2) is 63.9 Å². The highest BCUT2D eigenvalue weighted by atomic mass is 16.5. The molecule has 4 aromatic rings. The maximum absolute atomic E-state index is 11.1. The summed E-state index contributed by atoms with van der Waals surface area (Å²) in [7, 11) is 0. The topological polar surface area (TPSA) is 101 Å². The van der Waals surface area contributed by atoms with E-state index < -0.39 is 5.97 Å². The molecular formula is C27H25N3O4. The van der Waals surface area contributed by atoms with Crippen LogP contribution in [0.25, 0.3) is 34.0 Å². The van der Waals surface area contributed by atoms with E-state index in [1.807, 2.05) is 30.3 Å². The van der Waals surface area contributed by atoms with Gasteiger partial charge in [0.05, 0.1) is 18.4 Å². The SMILES string of the molecule is Cc1cc(-c2nc(-c3ccc4c(c3)CCC4N[C@H]3C[C@H](C(=O)O)C3)no2)ccc1-c1ccoc1. The zero-order valence-electron chi connectivity index (χ0n) is 18.8. The predicted molar refractivity (Wildman–Crippen MR) is 126 cm³/mol. The quantitative estimate of drug-likeness (QED) is 0.401. The number of hydrogen-bond donors (Lipinski definition) is 2. The van der Waals surface area contributed by atoms with Crippen molar-refractivity contribution in [2.24, 2.45) is 5.92 Å². The number of benzene rings is 2. The normalized spacial score (nSPS) is 21.3. The van der Waals surface area contributed by atoms with Crippen molar-refractivity contribution in [3.8, 4) is 34.0 Å². The van der Waals surface area contributed by atoms with Crippen LogP contribution < -0.4 is 5.32 Å². The van der Waals surface area contributed by atoms with Crippen LogP contribution in [0.4, 0.5) is 0 Å². The van der Waals surface area contributed by atoms with E-state index in [9.17, 15) is 4.79 Å². The number of carboxylic acids is 1. The van der Waals surface area contributed by atoms with E-state index in [0.717, 1.165) is 40.7 Å². The van der Waals surface area contributed by atoms with Crippen molar-refractivity contribution in [2.75, 3.05) is 0 Å². The first kappa shape index (κ1) is 20.9. The van der Waals surface area contributed by atoms with Crippen molar-refractivity contribution < 1.29 is 18.8 Å². The number of aryl methyl sites for hydroxylation is 2. The number of carboxylic acid groups (broad SMARTS) is 1. The Labute approximate surface area is 196 Å². The minimum absolute atomic E-state index is 0.196. The van der Waals surface area contributed by atoms with Crippen molar-refractivity contribution in [3.05, 3.63) is 71.7 Å². The third-order valence-corrected chi connectivity index (χ3v) is 7.13. The molecule has 0 saturated heterocycles. The Hall–Kier alpha value is -3.71. The van der Waals surface area contributed by atoms with Gasteiger partial charge in [0, 0.05) is 28.8 Å². The Morgan fingerprint density at radius 3 is 2.71 bits per heavy atom. The number of aliphatic carboxylic acids is 1. The minimum atomic E-state index is -0.682. The van der Waals surface area contributed by atoms with Crippen LogP contribution in [-0.4, -0.2) is 27.3 Å². The van der Waals surface area contributed by atoms with Crippen LogP contribution in [0.2, 0.25) is 0 Å². The number of aromatic nitrogens is 2. The number of hydrogen-bond acceptors (Lipinski definition) is 6. The fourth-order valence-electron chi connectivity index (χ4n) is 5.17. The molecule has 1 fully saturated rings. The first-order valence-electron chi connectivity index (χ1n) is 11.6. The van der Waals surface area contributed by atoms with Gasteiger partial charge in [-0.2, -0.15) is 4.98 Å². The monoisotopic (exact) mass is 455 g/mol. The molecule has 2 aromatic carbocycles. The Kier molecular flexibility index (Phi) is 5.07. The Morgan fingerprint density at radius 2 is 1.94 bits per heavy atom. The number of carbonyl (C=O) groups is 1. The van der Waals surface area contributed by atoms with Gasteiger partial charge < -0.3 is 19.4 Å². The molecule has 2 aromatic heterocycles. The summed E-state index contributed by atoms with van der Waals surface area (Å²) in [4.78, 5) is 15.7. The Balaban J connectivity index is 1.18. The molecule has 0 radical (unpaired) electrons. The molecule has 2 aliphatic rings.